The lowest BCUT2D eigenvalue weighted by molar-refractivity contribution is 0.602. The van der Waals surface area contributed by atoms with Crippen LogP contribution >= 0.6 is 11.8 Å². The summed E-state index contributed by atoms with van der Waals surface area (Å²) in [4.78, 5) is 6.26. The minimum Gasteiger partial charge on any atom is -0.317 e. The zero-order valence-corrected chi connectivity index (χ0v) is 5.11. The normalized spacial score (nSPS) is 24.0. The summed E-state index contributed by atoms with van der Waals surface area (Å²) in [5.74, 6) is 0. The van der Waals surface area contributed by atoms with Crippen LogP contribution in [0.2, 0.25) is 0 Å². The van der Waals surface area contributed by atoms with Crippen LogP contribution in [0.5, 0.6) is 0 Å². The van der Waals surface area contributed by atoms with Crippen LogP contribution in [0.4, 0.5) is 0 Å². The van der Waals surface area contributed by atoms with Crippen LogP contribution in [0.1, 0.15) is 0 Å². The van der Waals surface area contributed by atoms with Gasteiger partial charge < -0.3 is 4.90 Å². The number of amidine groups is 1. The molecule has 41 valence electrons. The Morgan fingerprint density at radius 3 is 3.75 bits per heavy atom. The Bertz CT molecular complexity index is 162. The van der Waals surface area contributed by atoms with Crippen LogP contribution in [0, 0.1) is 6.20 Å². The Morgan fingerprint density at radius 2 is 2.88 bits per heavy atom. The molecule has 0 fully saturated rings. The standard InChI is InChI=1S/C5H5N2S/c1-2-7-3-4-8-5(7)6-1/h4H,1-2H2. The Labute approximate surface area is 52.3 Å². The summed E-state index contributed by atoms with van der Waals surface area (Å²) in [6, 6.07) is 0. The molecule has 0 unspecified atom stereocenters. The van der Waals surface area contributed by atoms with Crippen LogP contribution in [-0.2, 0) is 0 Å². The molecule has 0 aromatic heterocycles. The number of aliphatic imine (C=N–C) groups is 1. The fourth-order valence-electron chi connectivity index (χ4n) is 0.790. The molecule has 0 aromatic rings. The van der Waals surface area contributed by atoms with E-state index in [1.165, 1.54) is 0 Å². The fourth-order valence-corrected chi connectivity index (χ4v) is 1.51. The molecule has 2 aliphatic heterocycles. The first-order valence-electron chi connectivity index (χ1n) is 2.53. The first-order chi connectivity index (χ1) is 3.97. The zero-order valence-electron chi connectivity index (χ0n) is 4.29. The molecular formula is C5H5N2S. The van der Waals surface area contributed by atoms with Gasteiger partial charge in [0.05, 0.1) is 12.7 Å². The van der Waals surface area contributed by atoms with E-state index >= 15 is 0 Å². The fraction of sp³-hybridized carbons (Fsp3) is 0.400. The Hall–Kier alpha value is -0.440. The Morgan fingerprint density at radius 1 is 1.88 bits per heavy atom. The smallest absolute Gasteiger partial charge is 0.168 e. The lowest BCUT2D eigenvalue weighted by Gasteiger charge is -2.03. The minimum atomic E-state index is 0.948. The van der Waals surface area contributed by atoms with Gasteiger partial charge in [0.1, 0.15) is 0 Å². The van der Waals surface area contributed by atoms with E-state index in [-0.39, 0.29) is 0 Å². The molecule has 0 spiro atoms. The predicted molar refractivity (Wildman–Crippen MR) is 34.4 cm³/mol. The molecule has 0 aliphatic carbocycles. The third kappa shape index (κ3) is 0.478. The van der Waals surface area contributed by atoms with Crippen LogP contribution in [0.15, 0.2) is 10.4 Å². The molecule has 3 heteroatoms. The van der Waals surface area contributed by atoms with Gasteiger partial charge in [-0.2, -0.15) is 0 Å². The summed E-state index contributed by atoms with van der Waals surface area (Å²) in [6.45, 7) is 1.97. The third-order valence-electron chi connectivity index (χ3n) is 1.17. The Kier molecular flexibility index (Phi) is 0.842. The van der Waals surface area contributed by atoms with Crippen molar-refractivity contribution in [2.24, 2.45) is 4.99 Å². The number of hydrogen-bond acceptors (Lipinski definition) is 3. The second kappa shape index (κ2) is 1.52. The summed E-state index contributed by atoms with van der Waals surface area (Å²) in [5.41, 5.74) is 0. The highest BCUT2D eigenvalue weighted by Crippen LogP contribution is 2.21. The lowest BCUT2D eigenvalue weighted by Crippen LogP contribution is -2.14. The summed E-state index contributed by atoms with van der Waals surface area (Å²) < 4.78 is 0. The van der Waals surface area contributed by atoms with E-state index in [4.69, 9.17) is 0 Å². The lowest BCUT2D eigenvalue weighted by atomic mass is 10.6. The van der Waals surface area contributed by atoms with Crippen molar-refractivity contribution in [1.29, 1.82) is 0 Å². The van der Waals surface area contributed by atoms with E-state index < -0.39 is 0 Å². The van der Waals surface area contributed by atoms with Gasteiger partial charge in [-0.05, 0) is 0 Å². The van der Waals surface area contributed by atoms with Crippen LogP contribution in [0.25, 0.3) is 0 Å². The predicted octanol–water partition coefficient (Wildman–Crippen LogP) is 0.679. The van der Waals surface area contributed by atoms with E-state index in [0.29, 0.717) is 0 Å². The zero-order chi connectivity index (χ0) is 5.40. The highest BCUT2D eigenvalue weighted by atomic mass is 32.2. The van der Waals surface area contributed by atoms with Gasteiger partial charge >= 0.3 is 0 Å². The van der Waals surface area contributed by atoms with Gasteiger partial charge in [0.15, 0.2) is 5.17 Å². The van der Waals surface area contributed by atoms with Crippen molar-refractivity contribution in [3.05, 3.63) is 11.6 Å². The molecule has 2 rings (SSSR count). The van der Waals surface area contributed by atoms with Gasteiger partial charge in [0, 0.05) is 12.0 Å². The number of thioether (sulfide) groups is 1. The van der Waals surface area contributed by atoms with E-state index in [1.54, 1.807) is 11.8 Å². The van der Waals surface area contributed by atoms with Crippen molar-refractivity contribution in [2.45, 2.75) is 0 Å². The van der Waals surface area contributed by atoms with Crippen molar-refractivity contribution < 1.29 is 0 Å². The topological polar surface area (TPSA) is 15.6 Å². The highest BCUT2D eigenvalue weighted by molar-refractivity contribution is 8.16. The van der Waals surface area contributed by atoms with Crippen LogP contribution < -0.4 is 0 Å². The van der Waals surface area contributed by atoms with E-state index in [0.717, 1.165) is 18.3 Å². The molecule has 0 amide bonds. The molecule has 2 heterocycles. The van der Waals surface area contributed by atoms with Gasteiger partial charge in [-0.3, -0.25) is 4.99 Å². The van der Waals surface area contributed by atoms with Crippen molar-refractivity contribution in [3.8, 4) is 0 Å². The van der Waals surface area contributed by atoms with Crippen molar-refractivity contribution >= 4 is 16.9 Å². The van der Waals surface area contributed by atoms with E-state index in [1.807, 2.05) is 10.3 Å². The maximum absolute atomic E-state index is 4.21. The minimum absolute atomic E-state index is 0.948. The first kappa shape index (κ1) is 4.44. The van der Waals surface area contributed by atoms with Gasteiger partial charge in [-0.25, -0.2) is 0 Å². The molecule has 0 saturated carbocycles. The second-order valence-corrected chi connectivity index (χ2v) is 2.52. The quantitative estimate of drug-likeness (QED) is 0.473. The molecule has 2 aliphatic rings. The molecule has 2 nitrogen and oxygen atoms in total. The molecular weight excluding hydrogens is 120 g/mol. The van der Waals surface area contributed by atoms with Gasteiger partial charge in [-0.15, -0.1) is 0 Å². The number of fused-ring (bicyclic) bond motifs is 1. The molecule has 1 radical (unpaired) electrons. The first-order valence-corrected chi connectivity index (χ1v) is 3.41. The van der Waals surface area contributed by atoms with Gasteiger partial charge in [-0.1, -0.05) is 11.8 Å². The number of hydrogen-bond donors (Lipinski definition) is 0. The maximum Gasteiger partial charge on any atom is 0.168 e. The second-order valence-electron chi connectivity index (χ2n) is 1.68. The monoisotopic (exact) mass is 125 g/mol. The van der Waals surface area contributed by atoms with Crippen LogP contribution in [0.3, 0.4) is 0 Å². The largest absolute Gasteiger partial charge is 0.317 e. The number of rotatable bonds is 0. The third-order valence-corrected chi connectivity index (χ3v) is 1.96. The average molecular weight is 125 g/mol. The molecule has 0 aromatic carbocycles. The molecule has 0 saturated heterocycles. The molecule has 0 N–H and O–H groups in total. The SMILES string of the molecule is [C]1=CSC2=NCCN12. The van der Waals surface area contributed by atoms with Crippen molar-refractivity contribution in [2.75, 3.05) is 13.1 Å². The average Bonchev–Trinajstić information content (AvgIpc) is 2.15. The molecule has 0 bridgehead atoms. The molecule has 8 heavy (non-hydrogen) atoms. The van der Waals surface area contributed by atoms with Crippen LogP contribution in [-0.4, -0.2) is 23.2 Å². The maximum atomic E-state index is 4.21. The van der Waals surface area contributed by atoms with Gasteiger partial charge in [0.2, 0.25) is 0 Å². The molecule has 0 atom stereocenters. The van der Waals surface area contributed by atoms with Gasteiger partial charge in [0.25, 0.3) is 0 Å². The van der Waals surface area contributed by atoms with Crippen molar-refractivity contribution in [3.63, 3.8) is 0 Å². The number of nitrogens with zero attached hydrogens (tertiary/aromatic N) is 2. The van der Waals surface area contributed by atoms with E-state index in [2.05, 4.69) is 11.2 Å². The van der Waals surface area contributed by atoms with Crippen molar-refractivity contribution in [1.82, 2.24) is 4.90 Å². The summed E-state index contributed by atoms with van der Waals surface area (Å²) >= 11 is 1.65. The van der Waals surface area contributed by atoms with E-state index in [9.17, 15) is 0 Å². The summed E-state index contributed by atoms with van der Waals surface area (Å²) in [5, 5.41) is 3.06. The highest BCUT2D eigenvalue weighted by Gasteiger charge is 2.18. The summed E-state index contributed by atoms with van der Waals surface area (Å²) in [6.07, 6.45) is 3.06. The Balaban J connectivity index is 2.28. The summed E-state index contributed by atoms with van der Waals surface area (Å²) in [7, 11) is 0.